The minimum atomic E-state index is -0.576. The van der Waals surface area contributed by atoms with Crippen LogP contribution in [-0.4, -0.2) is 15.6 Å². The Bertz CT molecular complexity index is 903. The number of nitro groups is 2. The predicted octanol–water partition coefficient (Wildman–Crippen LogP) is 3.84. The van der Waals surface area contributed by atoms with Crippen molar-refractivity contribution in [2.45, 2.75) is 34.2 Å². The molecular formula is C18H18N2O5. The molecule has 0 aromatic heterocycles. The molecule has 0 N–H and O–H groups in total. The topological polar surface area (TPSA) is 103 Å². The fourth-order valence-corrected chi connectivity index (χ4v) is 2.93. The number of benzene rings is 2. The van der Waals surface area contributed by atoms with Gasteiger partial charge in [0.05, 0.1) is 4.92 Å². The third-order valence-corrected chi connectivity index (χ3v) is 4.65. The van der Waals surface area contributed by atoms with Crippen LogP contribution >= 0.6 is 0 Å². The average Bonchev–Trinajstić information content (AvgIpc) is 2.57. The molecule has 7 heteroatoms. The van der Waals surface area contributed by atoms with Crippen molar-refractivity contribution >= 4 is 11.5 Å². The average molecular weight is 342 g/mol. The first-order valence-corrected chi connectivity index (χ1v) is 7.65. The van der Waals surface area contributed by atoms with E-state index in [1.54, 1.807) is 13.8 Å². The Kier molecular flexibility index (Phi) is 4.97. The van der Waals surface area contributed by atoms with Gasteiger partial charge in [-0.3, -0.25) is 25.0 Å². The van der Waals surface area contributed by atoms with Crippen molar-refractivity contribution in [3.63, 3.8) is 0 Å². The summed E-state index contributed by atoms with van der Waals surface area (Å²) in [5.41, 5.74) is 3.73. The Labute approximate surface area is 144 Å². The van der Waals surface area contributed by atoms with Crippen molar-refractivity contribution in [2.75, 3.05) is 0 Å². The molecule has 2 rings (SSSR count). The van der Waals surface area contributed by atoms with E-state index in [2.05, 4.69) is 0 Å². The third kappa shape index (κ3) is 3.40. The van der Waals surface area contributed by atoms with Gasteiger partial charge in [-0.2, -0.15) is 0 Å². The minimum Gasteiger partial charge on any atom is -0.289 e. The normalized spacial score (nSPS) is 10.6. The smallest absolute Gasteiger partial charge is 0.270 e. The van der Waals surface area contributed by atoms with Crippen LogP contribution in [0.2, 0.25) is 0 Å². The molecule has 0 spiro atoms. The van der Waals surface area contributed by atoms with Crippen LogP contribution in [0, 0.1) is 47.9 Å². The van der Waals surface area contributed by atoms with Crippen molar-refractivity contribution in [1.82, 2.24) is 0 Å². The lowest BCUT2D eigenvalue weighted by Crippen LogP contribution is -2.15. The number of hydrogen-bond donors (Lipinski definition) is 0. The minimum absolute atomic E-state index is 0.143. The molecule has 0 amide bonds. The van der Waals surface area contributed by atoms with Gasteiger partial charge in [0.1, 0.15) is 0 Å². The molecule has 0 bridgehead atoms. The van der Waals surface area contributed by atoms with Crippen LogP contribution < -0.4 is 0 Å². The van der Waals surface area contributed by atoms with Crippen LogP contribution in [-0.2, 0) is 6.54 Å². The summed E-state index contributed by atoms with van der Waals surface area (Å²) in [6, 6.07) is 5.41. The monoisotopic (exact) mass is 342 g/mol. The summed E-state index contributed by atoms with van der Waals surface area (Å²) in [6.07, 6.45) is 0. The van der Waals surface area contributed by atoms with Gasteiger partial charge >= 0.3 is 0 Å². The molecule has 0 aliphatic carbocycles. The molecule has 0 unspecified atom stereocenters. The molecule has 0 saturated carbocycles. The molecule has 0 aliphatic heterocycles. The molecule has 0 fully saturated rings. The number of carbonyl (C=O) groups is 1. The van der Waals surface area contributed by atoms with Gasteiger partial charge in [-0.05, 0) is 49.9 Å². The summed E-state index contributed by atoms with van der Waals surface area (Å²) in [5.74, 6) is -0.441. The van der Waals surface area contributed by atoms with Gasteiger partial charge in [0, 0.05) is 33.7 Å². The van der Waals surface area contributed by atoms with E-state index >= 15 is 0 Å². The van der Waals surface area contributed by atoms with Gasteiger partial charge in [0.15, 0.2) is 5.78 Å². The number of non-ortho nitro benzene ring substituents is 1. The Balaban J connectivity index is 2.72. The largest absolute Gasteiger partial charge is 0.289 e. The van der Waals surface area contributed by atoms with Crippen molar-refractivity contribution < 1.29 is 14.6 Å². The maximum Gasteiger partial charge on any atom is 0.270 e. The predicted molar refractivity (Wildman–Crippen MR) is 92.6 cm³/mol. The summed E-state index contributed by atoms with van der Waals surface area (Å²) in [4.78, 5) is 34.0. The number of carbonyl (C=O) groups excluding carboxylic acids is 1. The molecule has 0 saturated heterocycles. The zero-order chi connectivity index (χ0) is 18.9. The van der Waals surface area contributed by atoms with Crippen LogP contribution in [0.25, 0.3) is 0 Å². The number of ketones is 1. The SMILES string of the molecule is Cc1c(C)c(C)c(C(=O)c2cccc([N+](=O)[O-])c2)c(C[N+](=O)[O-])c1C. The quantitative estimate of drug-likeness (QED) is 0.466. The van der Waals surface area contributed by atoms with Crippen molar-refractivity contribution in [1.29, 1.82) is 0 Å². The number of hydrogen-bond acceptors (Lipinski definition) is 5. The summed E-state index contributed by atoms with van der Waals surface area (Å²) >= 11 is 0. The molecule has 0 radical (unpaired) electrons. The van der Waals surface area contributed by atoms with E-state index in [1.807, 2.05) is 13.8 Å². The van der Waals surface area contributed by atoms with E-state index in [9.17, 15) is 25.0 Å². The molecule has 0 heterocycles. The van der Waals surface area contributed by atoms with Crippen LogP contribution in [0.4, 0.5) is 5.69 Å². The Morgan fingerprint density at radius 3 is 2.12 bits per heavy atom. The zero-order valence-corrected chi connectivity index (χ0v) is 14.5. The van der Waals surface area contributed by atoms with Crippen molar-refractivity contribution in [2.24, 2.45) is 0 Å². The molecule has 2 aromatic rings. The maximum atomic E-state index is 13.0. The molecule has 25 heavy (non-hydrogen) atoms. The summed E-state index contributed by atoms with van der Waals surface area (Å²) in [6.45, 7) is 6.75. The van der Waals surface area contributed by atoms with E-state index < -0.39 is 22.2 Å². The van der Waals surface area contributed by atoms with Crippen LogP contribution in [0.3, 0.4) is 0 Å². The lowest BCUT2D eigenvalue weighted by molar-refractivity contribution is -0.496. The Morgan fingerprint density at radius 2 is 1.56 bits per heavy atom. The van der Waals surface area contributed by atoms with Crippen LogP contribution in [0.5, 0.6) is 0 Å². The highest BCUT2D eigenvalue weighted by Gasteiger charge is 2.25. The van der Waals surface area contributed by atoms with Crippen molar-refractivity contribution in [3.8, 4) is 0 Å². The fraction of sp³-hybridized carbons (Fsp3) is 0.278. The molecule has 0 atom stereocenters. The van der Waals surface area contributed by atoms with Gasteiger partial charge < -0.3 is 0 Å². The molecule has 130 valence electrons. The lowest BCUT2D eigenvalue weighted by Gasteiger charge is -2.18. The first kappa shape index (κ1) is 18.3. The molecular weight excluding hydrogens is 324 g/mol. The lowest BCUT2D eigenvalue weighted by atomic mass is 9.85. The first-order valence-electron chi connectivity index (χ1n) is 7.65. The van der Waals surface area contributed by atoms with E-state index in [4.69, 9.17) is 0 Å². The molecule has 7 nitrogen and oxygen atoms in total. The Morgan fingerprint density at radius 1 is 0.960 bits per heavy atom. The second-order valence-electron chi connectivity index (χ2n) is 5.98. The zero-order valence-electron chi connectivity index (χ0n) is 14.5. The standard InChI is InChI=1S/C18H18N2O5/c1-10-11(2)13(4)17(16(12(10)3)9-19(22)23)18(21)14-6-5-7-15(8-14)20(24)25/h5-8H,9H2,1-4H3. The highest BCUT2D eigenvalue weighted by molar-refractivity contribution is 6.11. The van der Waals surface area contributed by atoms with Crippen LogP contribution in [0.1, 0.15) is 43.7 Å². The van der Waals surface area contributed by atoms with Gasteiger partial charge in [-0.25, -0.2) is 0 Å². The van der Waals surface area contributed by atoms with Gasteiger partial charge in [0.2, 0.25) is 6.54 Å². The highest BCUT2D eigenvalue weighted by atomic mass is 16.6. The highest BCUT2D eigenvalue weighted by Crippen LogP contribution is 2.29. The summed E-state index contributed by atoms with van der Waals surface area (Å²) in [7, 11) is 0. The van der Waals surface area contributed by atoms with Gasteiger partial charge in [-0.1, -0.05) is 12.1 Å². The summed E-state index contributed by atoms with van der Waals surface area (Å²) in [5, 5.41) is 22.0. The summed E-state index contributed by atoms with van der Waals surface area (Å²) < 4.78 is 0. The maximum absolute atomic E-state index is 13.0. The number of nitrogens with zero attached hydrogens (tertiary/aromatic N) is 2. The van der Waals surface area contributed by atoms with E-state index in [-0.39, 0.29) is 16.8 Å². The second-order valence-corrected chi connectivity index (χ2v) is 5.98. The second kappa shape index (κ2) is 6.80. The molecule has 0 aliphatic rings. The van der Waals surface area contributed by atoms with Gasteiger partial charge in [0.25, 0.3) is 5.69 Å². The third-order valence-electron chi connectivity index (χ3n) is 4.65. The van der Waals surface area contributed by atoms with Gasteiger partial charge in [-0.15, -0.1) is 0 Å². The first-order chi connectivity index (χ1) is 11.6. The van der Waals surface area contributed by atoms with E-state index in [0.29, 0.717) is 16.7 Å². The molecule has 2 aromatic carbocycles. The van der Waals surface area contributed by atoms with E-state index in [0.717, 1.165) is 11.1 Å². The fourth-order valence-electron chi connectivity index (χ4n) is 2.93. The van der Waals surface area contributed by atoms with Crippen molar-refractivity contribution in [3.05, 3.63) is 83.4 Å². The number of rotatable bonds is 5. The Hall–Kier alpha value is -3.09. The van der Waals surface area contributed by atoms with E-state index in [1.165, 1.54) is 24.3 Å². The number of nitro benzene ring substituents is 1. The van der Waals surface area contributed by atoms with Crippen LogP contribution in [0.15, 0.2) is 24.3 Å².